The van der Waals surface area contributed by atoms with Gasteiger partial charge in [-0.3, -0.25) is 4.79 Å². The number of oxazole rings is 1. The summed E-state index contributed by atoms with van der Waals surface area (Å²) in [6, 6.07) is 3.28. The van der Waals surface area contributed by atoms with Crippen LogP contribution in [0.15, 0.2) is 21.5 Å². The van der Waals surface area contributed by atoms with E-state index in [4.69, 9.17) is 9.68 Å². The van der Waals surface area contributed by atoms with E-state index in [-0.39, 0.29) is 23.6 Å². The molecule has 2 aromatic heterocycles. The van der Waals surface area contributed by atoms with Gasteiger partial charge in [0.2, 0.25) is 0 Å². The Labute approximate surface area is 89.7 Å². The van der Waals surface area contributed by atoms with Gasteiger partial charge in [-0.2, -0.15) is 5.26 Å². The molecule has 2 heterocycles. The van der Waals surface area contributed by atoms with Gasteiger partial charge in [0, 0.05) is 11.8 Å². The van der Waals surface area contributed by atoms with E-state index >= 15 is 0 Å². The summed E-state index contributed by atoms with van der Waals surface area (Å²) in [4.78, 5) is 26.4. The van der Waals surface area contributed by atoms with Crippen molar-refractivity contribution in [2.24, 2.45) is 0 Å². The first kappa shape index (κ1) is 10.1. The summed E-state index contributed by atoms with van der Waals surface area (Å²) in [7, 11) is 0. The SMILES string of the molecule is CC(=O)c1cnc2c(c1)oc(=O)n2CC#N. The van der Waals surface area contributed by atoms with Gasteiger partial charge >= 0.3 is 5.76 Å². The Balaban J connectivity index is 2.71. The number of ketones is 1. The molecular formula is C10H7N3O3. The fraction of sp³-hybridized carbons (Fsp3) is 0.200. The molecule has 0 aliphatic rings. The van der Waals surface area contributed by atoms with Crippen molar-refractivity contribution in [3.05, 3.63) is 28.4 Å². The van der Waals surface area contributed by atoms with Gasteiger partial charge in [0.1, 0.15) is 6.54 Å². The van der Waals surface area contributed by atoms with Crippen LogP contribution in [0, 0.1) is 11.3 Å². The summed E-state index contributed by atoms with van der Waals surface area (Å²) in [6.45, 7) is 1.27. The molecule has 2 aromatic rings. The number of hydrogen-bond donors (Lipinski definition) is 0. The van der Waals surface area contributed by atoms with Gasteiger partial charge in [-0.1, -0.05) is 0 Å². The Hall–Kier alpha value is -2.42. The molecule has 0 aliphatic carbocycles. The molecule has 0 unspecified atom stereocenters. The molecule has 0 N–H and O–H groups in total. The second kappa shape index (κ2) is 3.62. The van der Waals surface area contributed by atoms with Crippen LogP contribution in [-0.2, 0) is 6.54 Å². The highest BCUT2D eigenvalue weighted by Crippen LogP contribution is 2.12. The third-order valence-corrected chi connectivity index (χ3v) is 2.14. The minimum Gasteiger partial charge on any atom is -0.406 e. The number of nitriles is 1. The van der Waals surface area contributed by atoms with Crippen LogP contribution in [0.2, 0.25) is 0 Å². The number of aromatic nitrogens is 2. The second-order valence-electron chi connectivity index (χ2n) is 3.21. The van der Waals surface area contributed by atoms with Gasteiger partial charge in [-0.15, -0.1) is 0 Å². The fourth-order valence-corrected chi connectivity index (χ4v) is 1.35. The summed E-state index contributed by atoms with van der Waals surface area (Å²) >= 11 is 0. The van der Waals surface area contributed by atoms with E-state index in [1.807, 2.05) is 6.07 Å². The molecule has 6 heteroatoms. The van der Waals surface area contributed by atoms with Crippen LogP contribution in [-0.4, -0.2) is 15.3 Å². The predicted molar refractivity (Wildman–Crippen MR) is 53.9 cm³/mol. The van der Waals surface area contributed by atoms with Crippen molar-refractivity contribution in [1.82, 2.24) is 9.55 Å². The number of Topliss-reactive ketones (excluding diaryl/α,β-unsaturated/α-hetero) is 1. The van der Waals surface area contributed by atoms with Crippen molar-refractivity contribution in [1.29, 1.82) is 5.26 Å². The van der Waals surface area contributed by atoms with Crippen LogP contribution in [0.4, 0.5) is 0 Å². The molecule has 80 valence electrons. The monoisotopic (exact) mass is 217 g/mol. The average Bonchev–Trinajstić information content (AvgIpc) is 2.55. The average molecular weight is 217 g/mol. The first-order valence-corrected chi connectivity index (χ1v) is 4.50. The molecule has 0 bridgehead atoms. The molecule has 0 radical (unpaired) electrons. The molecule has 0 spiro atoms. The number of rotatable bonds is 2. The maximum absolute atomic E-state index is 11.3. The van der Waals surface area contributed by atoms with Crippen LogP contribution < -0.4 is 5.76 Å². The molecule has 0 atom stereocenters. The van der Waals surface area contributed by atoms with E-state index in [0.29, 0.717) is 5.56 Å². The highest BCUT2D eigenvalue weighted by Gasteiger charge is 2.11. The normalized spacial score (nSPS) is 10.2. The lowest BCUT2D eigenvalue weighted by molar-refractivity contribution is 0.101. The van der Waals surface area contributed by atoms with Crippen LogP contribution in [0.5, 0.6) is 0 Å². The minimum absolute atomic E-state index is 0.127. The van der Waals surface area contributed by atoms with E-state index in [9.17, 15) is 9.59 Å². The number of pyridine rings is 1. The predicted octanol–water partition coefficient (Wildman–Crippen LogP) is 0.716. The lowest BCUT2D eigenvalue weighted by Gasteiger charge is -1.95. The Kier molecular flexibility index (Phi) is 2.29. The summed E-state index contributed by atoms with van der Waals surface area (Å²) in [5.74, 6) is -0.810. The number of nitrogens with zero attached hydrogens (tertiary/aromatic N) is 3. The van der Waals surface area contributed by atoms with Gasteiger partial charge in [0.05, 0.1) is 6.07 Å². The first-order chi connectivity index (χ1) is 7.63. The number of fused-ring (bicyclic) bond motifs is 1. The number of carbonyl (C=O) groups excluding carboxylic acids is 1. The summed E-state index contributed by atoms with van der Waals surface area (Å²) in [6.07, 6.45) is 1.35. The molecule has 2 rings (SSSR count). The maximum atomic E-state index is 11.3. The molecule has 6 nitrogen and oxygen atoms in total. The third-order valence-electron chi connectivity index (χ3n) is 2.14. The van der Waals surface area contributed by atoms with Crippen molar-refractivity contribution in [3.63, 3.8) is 0 Å². The first-order valence-electron chi connectivity index (χ1n) is 4.50. The van der Waals surface area contributed by atoms with Gasteiger partial charge in [-0.25, -0.2) is 14.3 Å². The molecule has 0 fully saturated rings. The zero-order valence-electron chi connectivity index (χ0n) is 8.43. The van der Waals surface area contributed by atoms with Gasteiger partial charge in [0.15, 0.2) is 17.0 Å². The van der Waals surface area contributed by atoms with Crippen molar-refractivity contribution in [3.8, 4) is 6.07 Å². The minimum atomic E-state index is -0.648. The van der Waals surface area contributed by atoms with Crippen LogP contribution in [0.3, 0.4) is 0 Å². The Morgan fingerprint density at radius 3 is 3.06 bits per heavy atom. The lowest BCUT2D eigenvalue weighted by atomic mass is 10.2. The molecule has 0 saturated heterocycles. The highest BCUT2D eigenvalue weighted by atomic mass is 16.4. The van der Waals surface area contributed by atoms with Crippen molar-refractivity contribution in [2.75, 3.05) is 0 Å². The number of hydrogen-bond acceptors (Lipinski definition) is 5. The maximum Gasteiger partial charge on any atom is 0.422 e. The van der Waals surface area contributed by atoms with E-state index in [1.54, 1.807) is 0 Å². The lowest BCUT2D eigenvalue weighted by Crippen LogP contribution is -2.13. The molecule has 0 aliphatic heterocycles. The van der Waals surface area contributed by atoms with Gasteiger partial charge < -0.3 is 4.42 Å². The Morgan fingerprint density at radius 2 is 2.44 bits per heavy atom. The van der Waals surface area contributed by atoms with Gasteiger partial charge in [0.25, 0.3) is 0 Å². The topological polar surface area (TPSA) is 88.9 Å². The second-order valence-corrected chi connectivity index (χ2v) is 3.21. The summed E-state index contributed by atoms with van der Waals surface area (Å²) in [5, 5.41) is 8.53. The highest BCUT2D eigenvalue weighted by molar-refractivity contribution is 5.95. The quantitative estimate of drug-likeness (QED) is 0.691. The van der Waals surface area contributed by atoms with E-state index < -0.39 is 5.76 Å². The Bertz CT molecular complexity index is 660. The molecule has 0 amide bonds. The van der Waals surface area contributed by atoms with Crippen molar-refractivity contribution in [2.45, 2.75) is 13.5 Å². The van der Waals surface area contributed by atoms with Crippen LogP contribution >= 0.6 is 0 Å². The summed E-state index contributed by atoms with van der Waals surface area (Å²) in [5.41, 5.74) is 0.856. The molecular weight excluding hydrogens is 210 g/mol. The fourth-order valence-electron chi connectivity index (χ4n) is 1.35. The molecule has 0 aromatic carbocycles. The van der Waals surface area contributed by atoms with Crippen molar-refractivity contribution < 1.29 is 9.21 Å². The smallest absolute Gasteiger partial charge is 0.406 e. The van der Waals surface area contributed by atoms with E-state index in [1.165, 1.54) is 19.2 Å². The van der Waals surface area contributed by atoms with Crippen LogP contribution in [0.25, 0.3) is 11.2 Å². The largest absolute Gasteiger partial charge is 0.422 e. The van der Waals surface area contributed by atoms with E-state index in [0.717, 1.165) is 4.57 Å². The van der Waals surface area contributed by atoms with E-state index in [2.05, 4.69) is 4.98 Å². The number of carbonyl (C=O) groups is 1. The molecule has 16 heavy (non-hydrogen) atoms. The zero-order chi connectivity index (χ0) is 11.7. The standard InChI is InChI=1S/C10H7N3O3/c1-6(14)7-4-8-9(12-5-7)13(3-2-11)10(15)16-8/h4-5H,3H2,1H3. The molecule has 0 saturated carbocycles. The zero-order valence-corrected chi connectivity index (χ0v) is 8.43. The van der Waals surface area contributed by atoms with Crippen molar-refractivity contribution >= 4 is 17.0 Å². The third kappa shape index (κ3) is 1.48. The summed E-state index contributed by atoms with van der Waals surface area (Å²) < 4.78 is 5.99. The van der Waals surface area contributed by atoms with Crippen LogP contribution in [0.1, 0.15) is 17.3 Å². The Morgan fingerprint density at radius 1 is 1.69 bits per heavy atom. The van der Waals surface area contributed by atoms with Gasteiger partial charge in [-0.05, 0) is 13.0 Å².